The minimum atomic E-state index is -1.62. The first-order chi connectivity index (χ1) is 10.5. The van der Waals surface area contributed by atoms with Crippen molar-refractivity contribution in [2.75, 3.05) is 6.61 Å². The summed E-state index contributed by atoms with van der Waals surface area (Å²) in [6, 6.07) is 0. The Hall–Kier alpha value is -0.343. The largest absolute Gasteiger partial charge is 0.413 e. The number of rotatable bonds is 5. The quantitative estimate of drug-likeness (QED) is 0.400. The van der Waals surface area contributed by atoms with Crippen LogP contribution in [-0.2, 0) is 4.43 Å². The molecule has 0 radical (unpaired) electrons. The summed E-state index contributed by atoms with van der Waals surface area (Å²) >= 11 is 0. The van der Waals surface area contributed by atoms with Crippen LogP contribution in [0, 0.1) is 17.3 Å². The Balaban J connectivity index is 1.91. The van der Waals surface area contributed by atoms with Gasteiger partial charge in [0.05, 0.1) is 6.61 Å². The van der Waals surface area contributed by atoms with Gasteiger partial charge in [-0.15, -0.1) is 0 Å². The molecular weight excluding hydrogens is 296 g/mol. The first-order valence-electron chi connectivity index (χ1n) is 9.44. The van der Waals surface area contributed by atoms with E-state index in [9.17, 15) is 0 Å². The van der Waals surface area contributed by atoms with Crippen molar-refractivity contribution in [3.8, 4) is 0 Å². The zero-order chi connectivity index (χ0) is 17.5. The first kappa shape index (κ1) is 19.0. The summed E-state index contributed by atoms with van der Waals surface area (Å²) in [7, 11) is -1.62. The van der Waals surface area contributed by atoms with Crippen LogP contribution in [0.1, 0.15) is 66.7 Å². The number of hydrogen-bond acceptors (Lipinski definition) is 1. The van der Waals surface area contributed by atoms with Crippen LogP contribution in [0.4, 0.5) is 0 Å². The molecular formula is C21H38OSi. The molecule has 0 heterocycles. The van der Waals surface area contributed by atoms with Crippen molar-refractivity contribution < 1.29 is 4.43 Å². The third-order valence-electron chi connectivity index (χ3n) is 7.22. The third-order valence-corrected chi connectivity index (χ3v) is 11.7. The molecule has 1 saturated carbocycles. The fourth-order valence-electron chi connectivity index (χ4n) is 4.15. The molecule has 0 saturated heterocycles. The van der Waals surface area contributed by atoms with E-state index in [0.717, 1.165) is 18.4 Å². The Labute approximate surface area is 145 Å². The van der Waals surface area contributed by atoms with Crippen molar-refractivity contribution in [3.05, 3.63) is 23.8 Å². The van der Waals surface area contributed by atoms with Gasteiger partial charge in [-0.1, -0.05) is 45.9 Å². The highest BCUT2D eigenvalue weighted by atomic mass is 28.4. The van der Waals surface area contributed by atoms with Crippen molar-refractivity contribution in [1.82, 2.24) is 0 Å². The molecule has 0 bridgehead atoms. The Kier molecular flexibility index (Phi) is 5.38. The van der Waals surface area contributed by atoms with Crippen LogP contribution in [0.3, 0.4) is 0 Å². The van der Waals surface area contributed by atoms with E-state index in [1.165, 1.54) is 37.7 Å². The maximum absolute atomic E-state index is 6.41. The van der Waals surface area contributed by atoms with Gasteiger partial charge in [0.2, 0.25) is 0 Å². The molecule has 1 nitrogen and oxygen atoms in total. The average Bonchev–Trinajstić information content (AvgIpc) is 2.42. The summed E-state index contributed by atoms with van der Waals surface area (Å²) in [6.07, 6.45) is 9.06. The fourth-order valence-corrected chi connectivity index (χ4v) is 5.13. The van der Waals surface area contributed by atoms with Gasteiger partial charge in [0.1, 0.15) is 0 Å². The predicted octanol–water partition coefficient (Wildman–Crippen LogP) is 6.73. The molecule has 0 N–H and O–H groups in total. The molecule has 2 aliphatic carbocycles. The van der Waals surface area contributed by atoms with Crippen molar-refractivity contribution in [1.29, 1.82) is 0 Å². The highest BCUT2D eigenvalue weighted by molar-refractivity contribution is 6.74. The summed E-state index contributed by atoms with van der Waals surface area (Å²) in [5, 5.41) is 0.304. The van der Waals surface area contributed by atoms with Gasteiger partial charge in [0.25, 0.3) is 0 Å². The molecule has 3 atom stereocenters. The minimum Gasteiger partial charge on any atom is -0.413 e. The molecule has 2 heteroatoms. The van der Waals surface area contributed by atoms with E-state index in [1.54, 1.807) is 5.57 Å². The highest BCUT2D eigenvalue weighted by Crippen LogP contribution is 2.57. The monoisotopic (exact) mass is 334 g/mol. The van der Waals surface area contributed by atoms with Crippen LogP contribution < -0.4 is 0 Å². The molecule has 132 valence electrons. The van der Waals surface area contributed by atoms with Gasteiger partial charge in [0, 0.05) is 0 Å². The van der Waals surface area contributed by atoms with Crippen LogP contribution in [0.15, 0.2) is 23.8 Å². The van der Waals surface area contributed by atoms with Crippen LogP contribution in [0.2, 0.25) is 18.1 Å². The second-order valence-corrected chi connectivity index (χ2v) is 14.6. The molecule has 0 aromatic carbocycles. The van der Waals surface area contributed by atoms with Crippen molar-refractivity contribution in [2.45, 2.75) is 84.9 Å². The fraction of sp³-hybridized carbons (Fsp3) is 0.810. The maximum Gasteiger partial charge on any atom is 0.192 e. The lowest BCUT2D eigenvalue weighted by Gasteiger charge is -2.53. The lowest BCUT2D eigenvalue weighted by Crippen LogP contribution is -2.45. The van der Waals surface area contributed by atoms with E-state index in [4.69, 9.17) is 4.43 Å². The van der Waals surface area contributed by atoms with Gasteiger partial charge in [0.15, 0.2) is 8.32 Å². The van der Waals surface area contributed by atoms with E-state index in [2.05, 4.69) is 60.4 Å². The summed E-state index contributed by atoms with van der Waals surface area (Å²) in [5.41, 5.74) is 3.45. The standard InChI is InChI=1S/C21H38OSi/c1-16(2)19-13-14-21(19,6)18-11-9-17(10-12-18)15-22-23(7,8)20(3,4)5/h9,18-19H,1,10-15H2,2-8H3/t18-,19+,21-/m1/s1. The molecule has 2 rings (SSSR count). The van der Waals surface area contributed by atoms with Gasteiger partial charge >= 0.3 is 0 Å². The second kappa shape index (κ2) is 6.52. The molecule has 0 aromatic heterocycles. The average molecular weight is 335 g/mol. The normalized spacial score (nSPS) is 32.2. The molecule has 0 unspecified atom stereocenters. The van der Waals surface area contributed by atoms with Crippen LogP contribution in [0.25, 0.3) is 0 Å². The summed E-state index contributed by atoms with van der Waals surface area (Å²) < 4.78 is 6.41. The SMILES string of the molecule is C=C(C)[C@@H]1CC[C@]1(C)[C@@H]1CC=C(CO[Si](C)(C)C(C)(C)C)CC1. The van der Waals surface area contributed by atoms with E-state index in [-0.39, 0.29) is 0 Å². The second-order valence-electron chi connectivity index (χ2n) is 9.83. The van der Waals surface area contributed by atoms with Crippen LogP contribution in [-0.4, -0.2) is 14.9 Å². The van der Waals surface area contributed by atoms with Crippen LogP contribution >= 0.6 is 0 Å². The molecule has 2 aliphatic rings. The molecule has 1 fully saturated rings. The lowest BCUT2D eigenvalue weighted by atomic mass is 9.51. The molecule has 0 amide bonds. The number of hydrogen-bond donors (Lipinski definition) is 0. The lowest BCUT2D eigenvalue weighted by molar-refractivity contribution is 0.00313. The third kappa shape index (κ3) is 3.84. The van der Waals surface area contributed by atoms with Crippen molar-refractivity contribution in [2.24, 2.45) is 17.3 Å². The van der Waals surface area contributed by atoms with Gasteiger partial charge in [-0.25, -0.2) is 0 Å². The molecule has 0 aliphatic heterocycles. The zero-order valence-electron chi connectivity index (χ0n) is 16.6. The topological polar surface area (TPSA) is 9.23 Å². The Bertz CT molecular complexity index is 483. The van der Waals surface area contributed by atoms with Gasteiger partial charge < -0.3 is 4.43 Å². The smallest absolute Gasteiger partial charge is 0.192 e. The van der Waals surface area contributed by atoms with Crippen molar-refractivity contribution in [3.63, 3.8) is 0 Å². The van der Waals surface area contributed by atoms with Gasteiger partial charge in [-0.05, 0) is 80.0 Å². The predicted molar refractivity (Wildman–Crippen MR) is 104 cm³/mol. The van der Waals surface area contributed by atoms with Gasteiger partial charge in [-0.3, -0.25) is 0 Å². The Morgan fingerprint density at radius 3 is 2.39 bits per heavy atom. The number of allylic oxidation sites excluding steroid dienone is 2. The summed E-state index contributed by atoms with van der Waals surface area (Å²) in [5.74, 6) is 1.60. The van der Waals surface area contributed by atoms with E-state index >= 15 is 0 Å². The highest BCUT2D eigenvalue weighted by Gasteiger charge is 2.48. The molecule has 23 heavy (non-hydrogen) atoms. The van der Waals surface area contributed by atoms with Crippen molar-refractivity contribution >= 4 is 8.32 Å². The first-order valence-corrected chi connectivity index (χ1v) is 12.4. The molecule has 0 spiro atoms. The zero-order valence-corrected chi connectivity index (χ0v) is 17.6. The van der Waals surface area contributed by atoms with E-state index in [0.29, 0.717) is 10.5 Å². The minimum absolute atomic E-state index is 0.304. The Morgan fingerprint density at radius 1 is 1.35 bits per heavy atom. The summed E-state index contributed by atoms with van der Waals surface area (Å²) in [4.78, 5) is 0. The van der Waals surface area contributed by atoms with Gasteiger partial charge in [-0.2, -0.15) is 0 Å². The van der Waals surface area contributed by atoms with Crippen LogP contribution in [0.5, 0.6) is 0 Å². The van der Waals surface area contributed by atoms with E-state index in [1.807, 2.05) is 0 Å². The Morgan fingerprint density at radius 2 is 2.00 bits per heavy atom. The van der Waals surface area contributed by atoms with E-state index < -0.39 is 8.32 Å². The molecule has 0 aromatic rings. The summed E-state index contributed by atoms with van der Waals surface area (Å²) in [6.45, 7) is 21.5. The maximum atomic E-state index is 6.41.